The maximum Gasteiger partial charge on any atom is 0.162 e. The van der Waals surface area contributed by atoms with E-state index >= 15 is 0 Å². The summed E-state index contributed by atoms with van der Waals surface area (Å²) in [5.41, 5.74) is 3.69. The van der Waals surface area contributed by atoms with Gasteiger partial charge in [-0.15, -0.1) is 0 Å². The first-order valence-electron chi connectivity index (χ1n) is 11.6. The van der Waals surface area contributed by atoms with Crippen LogP contribution in [0.25, 0.3) is 16.9 Å². The van der Waals surface area contributed by atoms with E-state index in [1.165, 1.54) is 32.2 Å². The number of unbranched alkanes of at least 4 members (excludes halogenated alkanes) is 2. The molecular formula is C25H31BrClN5. The Morgan fingerprint density at radius 2 is 2.12 bits per heavy atom. The van der Waals surface area contributed by atoms with Gasteiger partial charge in [-0.2, -0.15) is 9.61 Å². The summed E-state index contributed by atoms with van der Waals surface area (Å²) in [6.45, 7) is 2.07. The number of hydrogen-bond donors (Lipinski definition) is 2. The van der Waals surface area contributed by atoms with E-state index in [-0.39, 0.29) is 0 Å². The van der Waals surface area contributed by atoms with Gasteiger partial charge >= 0.3 is 0 Å². The minimum absolute atomic E-state index is 0.682. The highest BCUT2D eigenvalue weighted by Crippen LogP contribution is 2.29. The molecule has 0 saturated carbocycles. The quantitative estimate of drug-likeness (QED) is 0.181. The SMILES string of the molecule is Clc1ccccc1-c1cc(NCCCC/C=C/CC2CCCCN2)n2ncc(CBr)c2n1. The van der Waals surface area contributed by atoms with Crippen LogP contribution in [0.4, 0.5) is 5.82 Å². The minimum Gasteiger partial charge on any atom is -0.370 e. The average Bonchev–Trinajstić information content (AvgIpc) is 3.25. The fourth-order valence-corrected chi connectivity index (χ4v) is 4.77. The van der Waals surface area contributed by atoms with E-state index in [2.05, 4.69) is 43.8 Å². The second kappa shape index (κ2) is 11.8. The lowest BCUT2D eigenvalue weighted by Gasteiger charge is -2.21. The molecule has 32 heavy (non-hydrogen) atoms. The number of nitrogens with zero attached hydrogens (tertiary/aromatic N) is 3. The van der Waals surface area contributed by atoms with Gasteiger partial charge in [-0.25, -0.2) is 4.98 Å². The van der Waals surface area contributed by atoms with Crippen LogP contribution in [0.1, 0.15) is 50.5 Å². The van der Waals surface area contributed by atoms with E-state index in [0.29, 0.717) is 16.4 Å². The summed E-state index contributed by atoms with van der Waals surface area (Å²) in [4.78, 5) is 4.85. The van der Waals surface area contributed by atoms with Crippen LogP contribution in [0.15, 0.2) is 48.7 Å². The van der Waals surface area contributed by atoms with E-state index in [1.807, 2.05) is 41.0 Å². The molecule has 1 aliphatic heterocycles. The molecule has 3 heterocycles. The van der Waals surface area contributed by atoms with Crippen molar-refractivity contribution in [2.24, 2.45) is 0 Å². The van der Waals surface area contributed by atoms with Crippen molar-refractivity contribution < 1.29 is 0 Å². The number of rotatable bonds is 10. The molecular weight excluding hydrogens is 486 g/mol. The van der Waals surface area contributed by atoms with Crippen molar-refractivity contribution in [2.45, 2.75) is 56.3 Å². The molecule has 2 aromatic heterocycles. The van der Waals surface area contributed by atoms with Crippen molar-refractivity contribution in [3.8, 4) is 11.3 Å². The second-order valence-electron chi connectivity index (χ2n) is 8.32. The summed E-state index contributed by atoms with van der Waals surface area (Å²) in [6.07, 6.45) is 15.1. The molecule has 7 heteroatoms. The van der Waals surface area contributed by atoms with Crippen LogP contribution in [-0.2, 0) is 5.33 Å². The zero-order valence-corrected chi connectivity index (χ0v) is 20.7. The first kappa shape index (κ1) is 23.3. The largest absolute Gasteiger partial charge is 0.370 e. The average molecular weight is 517 g/mol. The summed E-state index contributed by atoms with van der Waals surface area (Å²) in [5.74, 6) is 0.941. The van der Waals surface area contributed by atoms with E-state index in [4.69, 9.17) is 16.6 Å². The zero-order valence-electron chi connectivity index (χ0n) is 18.4. The molecule has 5 nitrogen and oxygen atoms in total. The smallest absolute Gasteiger partial charge is 0.162 e. The lowest BCUT2D eigenvalue weighted by molar-refractivity contribution is 0.403. The summed E-state index contributed by atoms with van der Waals surface area (Å²) < 4.78 is 1.88. The third-order valence-corrected chi connectivity index (χ3v) is 6.88. The standard InChI is InChI=1S/C25H31BrClN5/c26-17-19-18-30-32-24(16-23(31-25(19)32)21-12-5-6-13-22(21)27)29-15-8-3-1-2-4-10-20-11-7-9-14-28-20/h2,4-6,12-13,16,18,20,28-29H,1,3,7-11,14-15,17H2/b4-2+. The Hall–Kier alpha value is -1.89. The van der Waals surface area contributed by atoms with Crippen molar-refractivity contribution in [3.05, 3.63) is 59.3 Å². The van der Waals surface area contributed by atoms with Gasteiger partial charge in [0.05, 0.1) is 11.9 Å². The summed E-state index contributed by atoms with van der Waals surface area (Å²) in [5, 5.41) is 13.1. The first-order valence-corrected chi connectivity index (χ1v) is 13.1. The van der Waals surface area contributed by atoms with Crippen LogP contribution in [0.5, 0.6) is 0 Å². The molecule has 1 unspecified atom stereocenters. The number of halogens is 2. The monoisotopic (exact) mass is 515 g/mol. The number of allylic oxidation sites excluding steroid dienone is 1. The van der Waals surface area contributed by atoms with Crippen LogP contribution in [0.2, 0.25) is 5.02 Å². The molecule has 0 bridgehead atoms. The molecule has 170 valence electrons. The Balaban J connectivity index is 1.35. The number of fused-ring (bicyclic) bond motifs is 1. The zero-order chi connectivity index (χ0) is 22.2. The van der Waals surface area contributed by atoms with Gasteiger partial charge < -0.3 is 10.6 Å². The Morgan fingerprint density at radius 1 is 1.22 bits per heavy atom. The van der Waals surface area contributed by atoms with E-state index in [9.17, 15) is 0 Å². The molecule has 4 rings (SSSR count). The number of hydrogen-bond acceptors (Lipinski definition) is 4. The summed E-state index contributed by atoms with van der Waals surface area (Å²) in [6, 6.07) is 10.5. The number of piperidine rings is 1. The number of nitrogens with one attached hydrogen (secondary N) is 2. The topological polar surface area (TPSA) is 54.2 Å². The molecule has 2 N–H and O–H groups in total. The highest BCUT2D eigenvalue weighted by atomic mass is 79.9. The van der Waals surface area contributed by atoms with E-state index in [1.54, 1.807) is 0 Å². The van der Waals surface area contributed by atoms with Crippen LogP contribution >= 0.6 is 27.5 Å². The van der Waals surface area contributed by atoms with Crippen LogP contribution in [-0.4, -0.2) is 33.7 Å². The Kier molecular flexibility index (Phi) is 8.60. The maximum absolute atomic E-state index is 6.44. The summed E-state index contributed by atoms with van der Waals surface area (Å²) in [7, 11) is 0. The predicted octanol–water partition coefficient (Wildman–Crippen LogP) is 6.62. The van der Waals surface area contributed by atoms with Gasteiger partial charge in [-0.1, -0.05) is 64.3 Å². The molecule has 1 saturated heterocycles. The molecule has 3 aromatic rings. The highest BCUT2D eigenvalue weighted by molar-refractivity contribution is 9.08. The second-order valence-corrected chi connectivity index (χ2v) is 9.29. The molecule has 1 aromatic carbocycles. The lowest BCUT2D eigenvalue weighted by Crippen LogP contribution is -2.33. The maximum atomic E-state index is 6.44. The van der Waals surface area contributed by atoms with Gasteiger partial charge in [0.25, 0.3) is 0 Å². The van der Waals surface area contributed by atoms with Crippen LogP contribution in [0, 0.1) is 0 Å². The lowest BCUT2D eigenvalue weighted by atomic mass is 10.0. The van der Waals surface area contributed by atoms with Crippen molar-refractivity contribution >= 4 is 39.0 Å². The van der Waals surface area contributed by atoms with E-state index in [0.717, 1.165) is 54.1 Å². The summed E-state index contributed by atoms with van der Waals surface area (Å²) >= 11 is 9.99. The van der Waals surface area contributed by atoms with Crippen LogP contribution < -0.4 is 10.6 Å². The van der Waals surface area contributed by atoms with Gasteiger partial charge in [0.2, 0.25) is 0 Å². The van der Waals surface area contributed by atoms with Gasteiger partial charge in [-0.05, 0) is 51.1 Å². The Bertz CT molecular complexity index is 1040. The molecule has 1 fully saturated rings. The third kappa shape index (κ3) is 5.91. The molecule has 1 aliphatic rings. The van der Waals surface area contributed by atoms with E-state index < -0.39 is 0 Å². The van der Waals surface area contributed by atoms with Crippen LogP contribution in [0.3, 0.4) is 0 Å². The number of alkyl halides is 1. The number of benzene rings is 1. The molecule has 1 atom stereocenters. The molecule has 0 amide bonds. The first-order chi connectivity index (χ1) is 15.8. The Labute approximate surface area is 203 Å². The number of anilines is 1. The molecule has 0 spiro atoms. The minimum atomic E-state index is 0.682. The Morgan fingerprint density at radius 3 is 2.94 bits per heavy atom. The number of aromatic nitrogens is 3. The molecule has 0 radical (unpaired) electrons. The van der Waals surface area contributed by atoms with Gasteiger partial charge in [-0.3, -0.25) is 0 Å². The third-order valence-electron chi connectivity index (χ3n) is 5.94. The fourth-order valence-electron chi connectivity index (χ4n) is 4.14. The van der Waals surface area contributed by atoms with Crippen molar-refractivity contribution in [3.63, 3.8) is 0 Å². The predicted molar refractivity (Wildman–Crippen MR) is 138 cm³/mol. The van der Waals surface area contributed by atoms with Gasteiger partial charge in [0.15, 0.2) is 5.65 Å². The molecule has 0 aliphatic carbocycles. The van der Waals surface area contributed by atoms with Crippen molar-refractivity contribution in [1.82, 2.24) is 19.9 Å². The van der Waals surface area contributed by atoms with Gasteiger partial charge in [0.1, 0.15) is 5.82 Å². The normalized spacial score (nSPS) is 16.8. The van der Waals surface area contributed by atoms with Crippen molar-refractivity contribution in [2.75, 3.05) is 18.4 Å². The fraction of sp³-hybridized carbons (Fsp3) is 0.440. The van der Waals surface area contributed by atoms with Crippen molar-refractivity contribution in [1.29, 1.82) is 0 Å². The highest BCUT2D eigenvalue weighted by Gasteiger charge is 2.13. The van der Waals surface area contributed by atoms with Gasteiger partial charge in [0, 0.05) is 40.1 Å².